The summed E-state index contributed by atoms with van der Waals surface area (Å²) in [7, 11) is 0. The summed E-state index contributed by atoms with van der Waals surface area (Å²) >= 11 is 0. The maximum absolute atomic E-state index is 12.8. The summed E-state index contributed by atoms with van der Waals surface area (Å²) in [5.41, 5.74) is 1.89. The predicted molar refractivity (Wildman–Crippen MR) is 154 cm³/mol. The minimum atomic E-state index is -0.515. The fourth-order valence-corrected chi connectivity index (χ4v) is 5.05. The summed E-state index contributed by atoms with van der Waals surface area (Å²) in [6.07, 6.45) is 2.18. The highest BCUT2D eigenvalue weighted by Gasteiger charge is 2.33. The fraction of sp³-hybridized carbons (Fsp3) is 0.483. The van der Waals surface area contributed by atoms with Gasteiger partial charge in [-0.3, -0.25) is 14.2 Å². The second-order valence-corrected chi connectivity index (χ2v) is 11.5. The number of rotatable bonds is 6. The van der Waals surface area contributed by atoms with Crippen LogP contribution in [-0.4, -0.2) is 81.2 Å². The zero-order valence-corrected chi connectivity index (χ0v) is 23.6. The number of pyridine rings is 1. The highest BCUT2D eigenvalue weighted by molar-refractivity contribution is 5.76. The standard InChI is InChI=1S/C29H37N7O4/c1-20(37)33-13-15-34(16-14-33)24-8-6-23(7-9-24)31-27-30-17-22-5-10-25(38)36(26(22)32-27)12-11-21-18-35(19-21)28(39)40-29(2,3)4/h5-10,17,21H,11-16,18-19H2,1-4H3,(H,30,31,32). The third-order valence-corrected chi connectivity index (χ3v) is 7.31. The Morgan fingerprint density at radius 3 is 2.35 bits per heavy atom. The third kappa shape index (κ3) is 6.35. The number of piperazine rings is 1. The number of ether oxygens (including phenoxy) is 1. The number of anilines is 3. The summed E-state index contributed by atoms with van der Waals surface area (Å²) in [6, 6.07) is 11.3. The largest absolute Gasteiger partial charge is 0.444 e. The smallest absolute Gasteiger partial charge is 0.410 e. The van der Waals surface area contributed by atoms with Gasteiger partial charge >= 0.3 is 6.09 Å². The van der Waals surface area contributed by atoms with Gasteiger partial charge in [0.2, 0.25) is 11.9 Å². The molecule has 11 heteroatoms. The molecule has 0 spiro atoms. The zero-order valence-electron chi connectivity index (χ0n) is 23.6. The van der Waals surface area contributed by atoms with E-state index in [4.69, 9.17) is 4.74 Å². The maximum atomic E-state index is 12.8. The van der Waals surface area contributed by atoms with Crippen molar-refractivity contribution in [3.63, 3.8) is 0 Å². The second-order valence-electron chi connectivity index (χ2n) is 11.5. The normalized spacial score (nSPS) is 16.1. The molecule has 2 fully saturated rings. The van der Waals surface area contributed by atoms with Crippen molar-refractivity contribution in [1.82, 2.24) is 24.3 Å². The van der Waals surface area contributed by atoms with Crippen molar-refractivity contribution in [3.05, 3.63) is 52.9 Å². The summed E-state index contributed by atoms with van der Waals surface area (Å²) in [5.74, 6) is 0.834. The van der Waals surface area contributed by atoms with Gasteiger partial charge in [-0.05, 0) is 63.4 Å². The van der Waals surface area contributed by atoms with E-state index in [1.807, 2.05) is 49.9 Å². The Morgan fingerprint density at radius 2 is 1.70 bits per heavy atom. The number of nitrogens with one attached hydrogen (secondary N) is 1. The molecule has 1 N–H and O–H groups in total. The molecule has 0 bridgehead atoms. The van der Waals surface area contributed by atoms with Crippen molar-refractivity contribution >= 4 is 40.4 Å². The van der Waals surface area contributed by atoms with E-state index in [2.05, 4.69) is 20.2 Å². The van der Waals surface area contributed by atoms with Crippen LogP contribution in [0.2, 0.25) is 0 Å². The first kappa shape index (κ1) is 27.4. The van der Waals surface area contributed by atoms with Gasteiger partial charge in [-0.15, -0.1) is 0 Å². The number of hydrogen-bond donors (Lipinski definition) is 1. The lowest BCUT2D eigenvalue weighted by Gasteiger charge is -2.39. The molecule has 5 rings (SSSR count). The van der Waals surface area contributed by atoms with Gasteiger partial charge in [0.05, 0.1) is 0 Å². The Balaban J connectivity index is 1.21. The van der Waals surface area contributed by atoms with Crippen LogP contribution in [0.5, 0.6) is 0 Å². The van der Waals surface area contributed by atoms with Crippen molar-refractivity contribution in [1.29, 1.82) is 0 Å². The van der Waals surface area contributed by atoms with E-state index in [1.54, 1.807) is 34.7 Å². The van der Waals surface area contributed by atoms with E-state index in [0.29, 0.717) is 37.1 Å². The van der Waals surface area contributed by atoms with E-state index in [-0.39, 0.29) is 17.6 Å². The summed E-state index contributed by atoms with van der Waals surface area (Å²) in [4.78, 5) is 51.5. The average molecular weight is 548 g/mol. The van der Waals surface area contributed by atoms with E-state index < -0.39 is 5.60 Å². The molecule has 40 heavy (non-hydrogen) atoms. The summed E-state index contributed by atoms with van der Waals surface area (Å²) in [5, 5.41) is 4.04. The van der Waals surface area contributed by atoms with Crippen molar-refractivity contribution in [2.75, 3.05) is 49.5 Å². The lowest BCUT2D eigenvalue weighted by Crippen LogP contribution is -2.51. The molecule has 1 aromatic carbocycles. The molecule has 3 aromatic rings. The van der Waals surface area contributed by atoms with Crippen LogP contribution in [0.15, 0.2) is 47.4 Å². The third-order valence-electron chi connectivity index (χ3n) is 7.31. The van der Waals surface area contributed by atoms with Crippen molar-refractivity contribution in [2.24, 2.45) is 5.92 Å². The summed E-state index contributed by atoms with van der Waals surface area (Å²) < 4.78 is 7.12. The molecule has 0 atom stereocenters. The van der Waals surface area contributed by atoms with Gasteiger partial charge in [0.15, 0.2) is 0 Å². The van der Waals surface area contributed by atoms with Crippen LogP contribution in [0.1, 0.15) is 34.1 Å². The number of aromatic nitrogens is 3. The molecule has 0 unspecified atom stereocenters. The van der Waals surface area contributed by atoms with Gasteiger partial charge in [0.25, 0.3) is 5.56 Å². The number of nitrogens with zero attached hydrogens (tertiary/aromatic N) is 6. The number of hydrogen-bond acceptors (Lipinski definition) is 8. The van der Waals surface area contributed by atoms with Gasteiger partial charge in [-0.25, -0.2) is 9.78 Å². The Morgan fingerprint density at radius 1 is 1.00 bits per heavy atom. The molecule has 212 valence electrons. The van der Waals surface area contributed by atoms with E-state index in [9.17, 15) is 14.4 Å². The van der Waals surface area contributed by atoms with Crippen LogP contribution in [0.4, 0.5) is 22.1 Å². The van der Waals surface area contributed by atoms with Gasteiger partial charge < -0.3 is 24.8 Å². The van der Waals surface area contributed by atoms with Crippen molar-refractivity contribution < 1.29 is 14.3 Å². The van der Waals surface area contributed by atoms with Crippen LogP contribution >= 0.6 is 0 Å². The Bertz CT molecular complexity index is 1430. The topological polar surface area (TPSA) is 113 Å². The lowest BCUT2D eigenvalue weighted by molar-refractivity contribution is -0.129. The molecule has 2 amide bonds. The highest BCUT2D eigenvalue weighted by Crippen LogP contribution is 2.24. The maximum Gasteiger partial charge on any atom is 0.410 e. The fourth-order valence-electron chi connectivity index (χ4n) is 5.05. The molecule has 2 aliphatic rings. The van der Waals surface area contributed by atoms with Crippen LogP contribution in [0.25, 0.3) is 11.0 Å². The number of fused-ring (bicyclic) bond motifs is 1. The van der Waals surface area contributed by atoms with E-state index in [0.717, 1.165) is 49.4 Å². The first-order chi connectivity index (χ1) is 19.1. The molecule has 0 saturated carbocycles. The minimum absolute atomic E-state index is 0.116. The number of likely N-dealkylation sites (tertiary alicyclic amines) is 1. The molecule has 0 radical (unpaired) electrons. The minimum Gasteiger partial charge on any atom is -0.444 e. The molecule has 4 heterocycles. The Hall–Kier alpha value is -4.15. The van der Waals surface area contributed by atoms with Crippen molar-refractivity contribution in [2.45, 2.75) is 46.3 Å². The van der Waals surface area contributed by atoms with Gasteiger partial charge in [0, 0.05) is 81.8 Å². The molecular formula is C29H37N7O4. The predicted octanol–water partition coefficient (Wildman–Crippen LogP) is 3.46. The molecule has 2 aliphatic heterocycles. The van der Waals surface area contributed by atoms with E-state index >= 15 is 0 Å². The number of benzene rings is 1. The molecule has 2 saturated heterocycles. The van der Waals surface area contributed by atoms with Gasteiger partial charge in [0.1, 0.15) is 11.2 Å². The van der Waals surface area contributed by atoms with Crippen LogP contribution in [0, 0.1) is 5.92 Å². The van der Waals surface area contributed by atoms with Crippen LogP contribution < -0.4 is 15.8 Å². The highest BCUT2D eigenvalue weighted by atomic mass is 16.6. The van der Waals surface area contributed by atoms with Crippen molar-refractivity contribution in [3.8, 4) is 0 Å². The first-order valence-corrected chi connectivity index (χ1v) is 13.8. The lowest BCUT2D eigenvalue weighted by atomic mass is 9.97. The molecule has 2 aromatic heterocycles. The van der Waals surface area contributed by atoms with Gasteiger partial charge in [-0.2, -0.15) is 4.98 Å². The van der Waals surface area contributed by atoms with E-state index in [1.165, 1.54) is 0 Å². The van der Waals surface area contributed by atoms with Crippen LogP contribution in [0.3, 0.4) is 0 Å². The average Bonchev–Trinajstić information content (AvgIpc) is 2.88. The molecule has 11 nitrogen and oxygen atoms in total. The molecule has 0 aliphatic carbocycles. The number of aryl methyl sites for hydroxylation is 1. The first-order valence-electron chi connectivity index (χ1n) is 13.8. The SMILES string of the molecule is CC(=O)N1CCN(c2ccc(Nc3ncc4ccc(=O)n(CCC5CN(C(=O)OC(C)(C)C)C5)c4n3)cc2)CC1. The summed E-state index contributed by atoms with van der Waals surface area (Å²) in [6.45, 7) is 12.0. The second kappa shape index (κ2) is 11.1. The van der Waals surface area contributed by atoms with Gasteiger partial charge in [-0.1, -0.05) is 0 Å². The Labute approximate surface area is 233 Å². The monoisotopic (exact) mass is 547 g/mol. The molecular weight excluding hydrogens is 510 g/mol. The zero-order chi connectivity index (χ0) is 28.4. The quantitative estimate of drug-likeness (QED) is 0.499. The Kier molecular flexibility index (Phi) is 7.64. The number of amides is 2. The number of carbonyl (C=O) groups excluding carboxylic acids is 2. The van der Waals surface area contributed by atoms with Crippen LogP contribution in [-0.2, 0) is 16.1 Å². The number of carbonyl (C=O) groups is 2.